The molecular formula is C18H20N2O4S. The Kier molecular flexibility index (Phi) is 4.78. The highest BCUT2D eigenvalue weighted by Crippen LogP contribution is 2.33. The second kappa shape index (κ2) is 6.85. The van der Waals surface area contributed by atoms with Crippen LogP contribution in [0.2, 0.25) is 0 Å². The van der Waals surface area contributed by atoms with Crippen LogP contribution in [0.1, 0.15) is 21.5 Å². The summed E-state index contributed by atoms with van der Waals surface area (Å²) in [4.78, 5) is 12.2. The maximum atomic E-state index is 12.9. The number of benzene rings is 2. The molecule has 132 valence electrons. The number of fused-ring (bicyclic) bond motifs is 1. The first-order valence-electron chi connectivity index (χ1n) is 8.05. The number of rotatable bonds is 5. The molecule has 1 amide bonds. The van der Waals surface area contributed by atoms with Gasteiger partial charge in [-0.25, -0.2) is 8.42 Å². The molecule has 25 heavy (non-hydrogen) atoms. The van der Waals surface area contributed by atoms with Gasteiger partial charge in [-0.05, 0) is 49.2 Å². The van der Waals surface area contributed by atoms with E-state index in [1.54, 1.807) is 42.5 Å². The summed E-state index contributed by atoms with van der Waals surface area (Å²) < 4.78 is 27.2. The van der Waals surface area contributed by atoms with E-state index in [0.717, 1.165) is 11.1 Å². The van der Waals surface area contributed by atoms with Crippen LogP contribution in [0.3, 0.4) is 0 Å². The Morgan fingerprint density at radius 2 is 1.92 bits per heavy atom. The molecule has 0 atom stereocenters. The predicted octanol–water partition coefficient (Wildman–Crippen LogP) is 1.47. The first kappa shape index (κ1) is 17.4. The van der Waals surface area contributed by atoms with E-state index in [9.17, 15) is 13.2 Å². The maximum Gasteiger partial charge on any atom is 0.264 e. The zero-order chi connectivity index (χ0) is 18.0. The number of nitrogens with zero attached hydrogens (tertiary/aromatic N) is 1. The monoisotopic (exact) mass is 360 g/mol. The average molecular weight is 360 g/mol. The van der Waals surface area contributed by atoms with Crippen molar-refractivity contribution in [3.63, 3.8) is 0 Å². The Balaban J connectivity index is 1.89. The Morgan fingerprint density at radius 3 is 2.60 bits per heavy atom. The topological polar surface area (TPSA) is 86.7 Å². The van der Waals surface area contributed by atoms with Crippen LogP contribution < -0.4 is 9.62 Å². The number of carbonyl (C=O) groups is 1. The SMILES string of the molecule is Cc1ccc(S(=O)(=O)N2CCc3cc(C(=O)NCCO)ccc32)cc1. The number of aliphatic hydroxyl groups is 1. The summed E-state index contributed by atoms with van der Waals surface area (Å²) in [6.07, 6.45) is 0.557. The van der Waals surface area contributed by atoms with E-state index in [0.29, 0.717) is 24.2 Å². The van der Waals surface area contributed by atoms with E-state index in [1.807, 2.05) is 6.92 Å². The Morgan fingerprint density at radius 1 is 1.20 bits per heavy atom. The Hall–Kier alpha value is -2.38. The summed E-state index contributed by atoms with van der Waals surface area (Å²) in [6, 6.07) is 11.8. The number of anilines is 1. The summed E-state index contributed by atoms with van der Waals surface area (Å²) in [5, 5.41) is 11.4. The van der Waals surface area contributed by atoms with Crippen LogP contribution >= 0.6 is 0 Å². The van der Waals surface area contributed by atoms with E-state index >= 15 is 0 Å². The fourth-order valence-corrected chi connectivity index (χ4v) is 4.37. The molecule has 2 aromatic carbocycles. The van der Waals surface area contributed by atoms with Crippen LogP contribution in [0.25, 0.3) is 0 Å². The van der Waals surface area contributed by atoms with Crippen molar-refractivity contribution in [3.8, 4) is 0 Å². The van der Waals surface area contributed by atoms with Gasteiger partial charge in [0.05, 0.1) is 17.2 Å². The lowest BCUT2D eigenvalue weighted by Crippen LogP contribution is -2.29. The third-order valence-electron chi connectivity index (χ3n) is 4.20. The number of aliphatic hydroxyl groups excluding tert-OH is 1. The van der Waals surface area contributed by atoms with E-state index in [2.05, 4.69) is 5.32 Å². The van der Waals surface area contributed by atoms with Gasteiger partial charge in [0.1, 0.15) is 0 Å². The van der Waals surface area contributed by atoms with E-state index in [1.165, 1.54) is 4.31 Å². The van der Waals surface area contributed by atoms with Crippen LogP contribution in [-0.2, 0) is 16.4 Å². The van der Waals surface area contributed by atoms with Crippen molar-refractivity contribution in [2.75, 3.05) is 24.0 Å². The van der Waals surface area contributed by atoms with Gasteiger partial charge in [0.15, 0.2) is 0 Å². The molecule has 7 heteroatoms. The molecule has 6 nitrogen and oxygen atoms in total. The van der Waals surface area contributed by atoms with E-state index in [4.69, 9.17) is 5.11 Å². The molecule has 1 aliphatic heterocycles. The molecule has 0 radical (unpaired) electrons. The predicted molar refractivity (Wildman–Crippen MR) is 95.3 cm³/mol. The molecule has 0 unspecified atom stereocenters. The normalized spacial score (nSPS) is 13.6. The standard InChI is InChI=1S/C18H20N2O4S/c1-13-2-5-16(6-3-13)25(23,24)20-10-8-14-12-15(4-7-17(14)20)18(22)19-9-11-21/h2-7,12,21H,8-11H2,1H3,(H,19,22). The minimum atomic E-state index is -3.62. The van der Waals surface area contributed by atoms with Crippen molar-refractivity contribution in [2.24, 2.45) is 0 Å². The fourth-order valence-electron chi connectivity index (χ4n) is 2.87. The molecule has 0 fully saturated rings. The molecule has 2 N–H and O–H groups in total. The van der Waals surface area contributed by atoms with Crippen LogP contribution in [0, 0.1) is 6.92 Å². The summed E-state index contributed by atoms with van der Waals surface area (Å²) >= 11 is 0. The fraction of sp³-hybridized carbons (Fsp3) is 0.278. The second-order valence-corrected chi connectivity index (χ2v) is 7.83. The lowest BCUT2D eigenvalue weighted by Gasteiger charge is -2.20. The van der Waals surface area contributed by atoms with Crippen molar-refractivity contribution in [2.45, 2.75) is 18.2 Å². The number of aryl methyl sites for hydroxylation is 1. The maximum absolute atomic E-state index is 12.9. The summed E-state index contributed by atoms with van der Waals surface area (Å²) in [5.41, 5.74) is 2.90. The van der Waals surface area contributed by atoms with Crippen molar-refractivity contribution in [1.82, 2.24) is 5.32 Å². The van der Waals surface area contributed by atoms with Gasteiger partial charge in [-0.3, -0.25) is 9.10 Å². The smallest absolute Gasteiger partial charge is 0.264 e. The summed E-state index contributed by atoms with van der Waals surface area (Å²) in [7, 11) is -3.62. The molecule has 3 rings (SSSR count). The van der Waals surface area contributed by atoms with Crippen molar-refractivity contribution in [1.29, 1.82) is 0 Å². The van der Waals surface area contributed by atoms with Crippen LogP contribution in [-0.4, -0.2) is 39.1 Å². The number of carbonyl (C=O) groups excluding carboxylic acids is 1. The molecule has 1 heterocycles. The molecule has 0 aromatic heterocycles. The third-order valence-corrected chi connectivity index (χ3v) is 6.03. The van der Waals surface area contributed by atoms with Crippen molar-refractivity contribution in [3.05, 3.63) is 59.2 Å². The third kappa shape index (κ3) is 3.38. The molecule has 0 spiro atoms. The van der Waals surface area contributed by atoms with Gasteiger partial charge in [0.2, 0.25) is 0 Å². The minimum Gasteiger partial charge on any atom is -0.395 e. The molecule has 0 bridgehead atoms. The average Bonchev–Trinajstić information content (AvgIpc) is 3.04. The lowest BCUT2D eigenvalue weighted by molar-refractivity contribution is 0.0944. The number of hydrogen-bond acceptors (Lipinski definition) is 4. The molecule has 0 saturated carbocycles. The van der Waals surface area contributed by atoms with Crippen molar-refractivity contribution < 1.29 is 18.3 Å². The van der Waals surface area contributed by atoms with Gasteiger partial charge in [-0.2, -0.15) is 0 Å². The van der Waals surface area contributed by atoms with Gasteiger partial charge >= 0.3 is 0 Å². The summed E-state index contributed by atoms with van der Waals surface area (Å²) in [6.45, 7) is 2.32. The number of sulfonamides is 1. The number of hydrogen-bond donors (Lipinski definition) is 2. The lowest BCUT2D eigenvalue weighted by atomic mass is 10.1. The number of amides is 1. The highest BCUT2D eigenvalue weighted by atomic mass is 32.2. The van der Waals surface area contributed by atoms with Gasteiger partial charge < -0.3 is 10.4 Å². The summed E-state index contributed by atoms with van der Waals surface area (Å²) in [5.74, 6) is -0.281. The Bertz CT molecular complexity index is 892. The molecule has 0 saturated heterocycles. The minimum absolute atomic E-state index is 0.126. The molecule has 1 aliphatic rings. The van der Waals surface area contributed by atoms with E-state index in [-0.39, 0.29) is 24.0 Å². The zero-order valence-electron chi connectivity index (χ0n) is 13.9. The quantitative estimate of drug-likeness (QED) is 0.845. The second-order valence-electron chi connectivity index (χ2n) is 5.96. The first-order chi connectivity index (χ1) is 11.9. The molecule has 2 aromatic rings. The van der Waals surface area contributed by atoms with Gasteiger partial charge in [0.25, 0.3) is 15.9 Å². The van der Waals surface area contributed by atoms with Crippen LogP contribution in [0.4, 0.5) is 5.69 Å². The van der Waals surface area contributed by atoms with E-state index < -0.39 is 10.0 Å². The Labute approximate surface area is 147 Å². The zero-order valence-corrected chi connectivity index (χ0v) is 14.7. The largest absolute Gasteiger partial charge is 0.395 e. The van der Waals surface area contributed by atoms with Gasteiger partial charge in [-0.15, -0.1) is 0 Å². The molecule has 0 aliphatic carbocycles. The van der Waals surface area contributed by atoms with Gasteiger partial charge in [-0.1, -0.05) is 17.7 Å². The van der Waals surface area contributed by atoms with Crippen LogP contribution in [0.15, 0.2) is 47.4 Å². The first-order valence-corrected chi connectivity index (χ1v) is 9.49. The van der Waals surface area contributed by atoms with Crippen LogP contribution in [0.5, 0.6) is 0 Å². The highest BCUT2D eigenvalue weighted by molar-refractivity contribution is 7.92. The molecular weight excluding hydrogens is 340 g/mol. The number of nitrogens with one attached hydrogen (secondary N) is 1. The van der Waals surface area contributed by atoms with Gasteiger partial charge in [0, 0.05) is 18.7 Å². The van der Waals surface area contributed by atoms with Crippen molar-refractivity contribution >= 4 is 21.6 Å². The highest BCUT2D eigenvalue weighted by Gasteiger charge is 2.31.